The van der Waals surface area contributed by atoms with Crippen LogP contribution in [-0.4, -0.2) is 17.4 Å². The van der Waals surface area contributed by atoms with E-state index in [1.807, 2.05) is 36.9 Å². The minimum Gasteiger partial charge on any atom is -0.396 e. The summed E-state index contributed by atoms with van der Waals surface area (Å²) in [6.07, 6.45) is 3.66. The summed E-state index contributed by atoms with van der Waals surface area (Å²) in [5, 5.41) is 3.75. The Morgan fingerprint density at radius 1 is 1.73 bits per heavy atom. The zero-order valence-electron chi connectivity index (χ0n) is 6.82. The van der Waals surface area contributed by atoms with Gasteiger partial charge in [0.25, 0.3) is 0 Å². The molecule has 1 heterocycles. The van der Waals surface area contributed by atoms with E-state index in [0.29, 0.717) is 6.61 Å². The van der Waals surface area contributed by atoms with Crippen LogP contribution in [0.5, 0.6) is 0 Å². The van der Waals surface area contributed by atoms with Gasteiger partial charge in [0.15, 0.2) is 0 Å². The van der Waals surface area contributed by atoms with Gasteiger partial charge in [0.05, 0.1) is 11.9 Å². The van der Waals surface area contributed by atoms with Crippen molar-refractivity contribution < 1.29 is 4.84 Å². The van der Waals surface area contributed by atoms with Crippen molar-refractivity contribution in [2.24, 2.45) is 12.2 Å². The van der Waals surface area contributed by atoms with Gasteiger partial charge in [-0.25, -0.2) is 0 Å². The van der Waals surface area contributed by atoms with Crippen molar-refractivity contribution in [2.75, 3.05) is 6.61 Å². The van der Waals surface area contributed by atoms with Crippen molar-refractivity contribution in [1.82, 2.24) is 4.57 Å². The molecule has 0 unspecified atom stereocenters. The predicted octanol–water partition coefficient (Wildman–Crippen LogP) is 1.40. The number of aryl methyl sites for hydroxylation is 1. The number of oxime groups is 1. The molecule has 60 valence electrons. The summed E-state index contributed by atoms with van der Waals surface area (Å²) >= 11 is 0. The van der Waals surface area contributed by atoms with Crippen LogP contribution in [0.15, 0.2) is 23.5 Å². The van der Waals surface area contributed by atoms with E-state index in [9.17, 15) is 0 Å². The summed E-state index contributed by atoms with van der Waals surface area (Å²) < 4.78 is 1.97. The first-order valence-electron chi connectivity index (χ1n) is 3.61. The molecule has 0 aliphatic carbocycles. The predicted molar refractivity (Wildman–Crippen MR) is 44.6 cm³/mol. The lowest BCUT2D eigenvalue weighted by molar-refractivity contribution is 0.160. The SMILES string of the molecule is CCO/N=C/c1cccn1C. The molecule has 0 spiro atoms. The van der Waals surface area contributed by atoms with Gasteiger partial charge >= 0.3 is 0 Å². The number of hydrogen-bond donors (Lipinski definition) is 0. The first kappa shape index (κ1) is 7.85. The van der Waals surface area contributed by atoms with Gasteiger partial charge in [0, 0.05) is 13.2 Å². The molecule has 0 N–H and O–H groups in total. The summed E-state index contributed by atoms with van der Waals surface area (Å²) in [4.78, 5) is 4.82. The molecule has 3 heteroatoms. The molecule has 3 nitrogen and oxygen atoms in total. The van der Waals surface area contributed by atoms with Crippen molar-refractivity contribution in [2.45, 2.75) is 6.92 Å². The van der Waals surface area contributed by atoms with E-state index in [-0.39, 0.29) is 0 Å². The quantitative estimate of drug-likeness (QED) is 0.475. The van der Waals surface area contributed by atoms with Crippen LogP contribution in [0, 0.1) is 0 Å². The second-order valence-corrected chi connectivity index (χ2v) is 2.20. The highest BCUT2D eigenvalue weighted by Crippen LogP contribution is 1.94. The lowest BCUT2D eigenvalue weighted by atomic mass is 10.5. The molecular weight excluding hydrogens is 140 g/mol. The molecule has 0 aromatic carbocycles. The van der Waals surface area contributed by atoms with Crippen molar-refractivity contribution >= 4 is 6.21 Å². The Labute approximate surface area is 66.3 Å². The van der Waals surface area contributed by atoms with Crippen LogP contribution in [0.2, 0.25) is 0 Å². The molecule has 0 aliphatic heterocycles. The molecule has 0 saturated heterocycles. The monoisotopic (exact) mass is 152 g/mol. The summed E-state index contributed by atoms with van der Waals surface area (Å²) in [7, 11) is 1.97. The number of rotatable bonds is 3. The summed E-state index contributed by atoms with van der Waals surface area (Å²) in [6, 6.07) is 3.94. The number of nitrogens with zero attached hydrogens (tertiary/aromatic N) is 2. The third kappa shape index (κ3) is 2.11. The molecule has 0 radical (unpaired) electrons. The van der Waals surface area contributed by atoms with E-state index in [0.717, 1.165) is 5.69 Å². The fraction of sp³-hybridized carbons (Fsp3) is 0.375. The van der Waals surface area contributed by atoms with E-state index in [1.54, 1.807) is 6.21 Å². The highest BCUT2D eigenvalue weighted by Gasteiger charge is 1.89. The van der Waals surface area contributed by atoms with Crippen molar-refractivity contribution in [3.8, 4) is 0 Å². The van der Waals surface area contributed by atoms with Crippen LogP contribution in [0.1, 0.15) is 12.6 Å². The molecule has 1 rings (SSSR count). The molecule has 1 aromatic rings. The topological polar surface area (TPSA) is 26.5 Å². The lowest BCUT2D eigenvalue weighted by Gasteiger charge is -1.94. The number of hydrogen-bond acceptors (Lipinski definition) is 2. The van der Waals surface area contributed by atoms with Crippen LogP contribution >= 0.6 is 0 Å². The summed E-state index contributed by atoms with van der Waals surface area (Å²) in [5.41, 5.74) is 1.04. The normalized spacial score (nSPS) is 10.7. The molecule has 11 heavy (non-hydrogen) atoms. The van der Waals surface area contributed by atoms with Crippen molar-refractivity contribution in [3.05, 3.63) is 24.0 Å². The fourth-order valence-electron chi connectivity index (χ4n) is 0.774. The van der Waals surface area contributed by atoms with Gasteiger partial charge in [-0.05, 0) is 19.1 Å². The third-order valence-electron chi connectivity index (χ3n) is 1.37. The first-order valence-corrected chi connectivity index (χ1v) is 3.61. The summed E-state index contributed by atoms with van der Waals surface area (Å²) in [6.45, 7) is 2.52. The number of aromatic nitrogens is 1. The molecule has 0 saturated carbocycles. The lowest BCUT2D eigenvalue weighted by Crippen LogP contribution is -1.93. The molecule has 0 fully saturated rings. The maximum atomic E-state index is 4.82. The fourth-order valence-corrected chi connectivity index (χ4v) is 0.774. The van der Waals surface area contributed by atoms with Gasteiger partial charge < -0.3 is 9.40 Å². The second kappa shape index (κ2) is 3.81. The smallest absolute Gasteiger partial charge is 0.114 e. The largest absolute Gasteiger partial charge is 0.396 e. The molecule has 0 aliphatic rings. The highest BCUT2D eigenvalue weighted by molar-refractivity contribution is 5.76. The van der Waals surface area contributed by atoms with Crippen molar-refractivity contribution in [3.63, 3.8) is 0 Å². The van der Waals surface area contributed by atoms with Gasteiger partial charge in [0.1, 0.15) is 6.61 Å². The van der Waals surface area contributed by atoms with Gasteiger partial charge in [-0.15, -0.1) is 0 Å². The average Bonchev–Trinajstić information content (AvgIpc) is 2.37. The van der Waals surface area contributed by atoms with Crippen LogP contribution in [-0.2, 0) is 11.9 Å². The van der Waals surface area contributed by atoms with E-state index in [1.165, 1.54) is 0 Å². The molecule has 0 amide bonds. The van der Waals surface area contributed by atoms with E-state index >= 15 is 0 Å². The van der Waals surface area contributed by atoms with E-state index < -0.39 is 0 Å². The Morgan fingerprint density at radius 3 is 3.09 bits per heavy atom. The Bertz CT molecular complexity index is 240. The van der Waals surface area contributed by atoms with E-state index in [2.05, 4.69) is 5.16 Å². The molecule has 1 aromatic heterocycles. The molecule has 0 atom stereocenters. The van der Waals surface area contributed by atoms with Crippen LogP contribution in [0.3, 0.4) is 0 Å². The Hall–Kier alpha value is -1.25. The van der Waals surface area contributed by atoms with Gasteiger partial charge in [0.2, 0.25) is 0 Å². The first-order chi connectivity index (χ1) is 5.34. The minimum atomic E-state index is 0.612. The minimum absolute atomic E-state index is 0.612. The highest BCUT2D eigenvalue weighted by atomic mass is 16.6. The van der Waals surface area contributed by atoms with Gasteiger partial charge in [-0.1, -0.05) is 5.16 Å². The standard InChI is InChI=1S/C8H12N2O/c1-3-11-9-7-8-5-4-6-10(8)2/h4-7H,3H2,1-2H3/b9-7+. The van der Waals surface area contributed by atoms with Crippen molar-refractivity contribution in [1.29, 1.82) is 0 Å². The van der Waals surface area contributed by atoms with Crippen LogP contribution in [0.4, 0.5) is 0 Å². The Morgan fingerprint density at radius 2 is 2.55 bits per heavy atom. The second-order valence-electron chi connectivity index (χ2n) is 2.20. The van der Waals surface area contributed by atoms with Gasteiger partial charge in [-0.2, -0.15) is 0 Å². The zero-order valence-corrected chi connectivity index (χ0v) is 6.82. The average molecular weight is 152 g/mol. The Kier molecular flexibility index (Phi) is 2.72. The van der Waals surface area contributed by atoms with E-state index in [4.69, 9.17) is 4.84 Å². The van der Waals surface area contributed by atoms with Crippen LogP contribution in [0.25, 0.3) is 0 Å². The third-order valence-corrected chi connectivity index (χ3v) is 1.37. The van der Waals surface area contributed by atoms with Crippen LogP contribution < -0.4 is 0 Å². The Balaban J connectivity index is 2.56. The maximum absolute atomic E-state index is 4.82. The maximum Gasteiger partial charge on any atom is 0.114 e. The molecular formula is C8H12N2O. The van der Waals surface area contributed by atoms with Gasteiger partial charge in [-0.3, -0.25) is 0 Å². The molecule has 0 bridgehead atoms. The summed E-state index contributed by atoms with van der Waals surface area (Å²) in [5.74, 6) is 0. The zero-order chi connectivity index (χ0) is 8.10.